The van der Waals surface area contributed by atoms with Crippen molar-refractivity contribution in [3.05, 3.63) is 68.6 Å². The van der Waals surface area contributed by atoms with Crippen molar-refractivity contribution >= 4 is 38.1 Å². The number of hydrogen-bond donors (Lipinski definition) is 1. The maximum atomic E-state index is 12.8. The van der Waals surface area contributed by atoms with Crippen molar-refractivity contribution in [3.8, 4) is 11.3 Å². The van der Waals surface area contributed by atoms with Gasteiger partial charge in [0.2, 0.25) is 10.0 Å². The van der Waals surface area contributed by atoms with Gasteiger partial charge in [-0.15, -0.1) is 11.3 Å². The monoisotopic (exact) mass is 460 g/mol. The van der Waals surface area contributed by atoms with Crippen LogP contribution >= 0.6 is 11.3 Å². The number of anilines is 1. The summed E-state index contributed by atoms with van der Waals surface area (Å²) in [6, 6.07) is 9.01. The van der Waals surface area contributed by atoms with E-state index in [0.717, 1.165) is 15.6 Å². The number of nitro groups is 1. The van der Waals surface area contributed by atoms with Crippen molar-refractivity contribution in [2.24, 2.45) is 0 Å². The van der Waals surface area contributed by atoms with Crippen LogP contribution in [0, 0.1) is 24.0 Å². The van der Waals surface area contributed by atoms with Gasteiger partial charge in [0.05, 0.1) is 15.5 Å². The number of nitrogens with zero attached hydrogens (tertiary/aromatic N) is 3. The van der Waals surface area contributed by atoms with E-state index in [2.05, 4.69) is 10.3 Å². The normalized spacial score (nSPS) is 11.5. The van der Waals surface area contributed by atoms with Gasteiger partial charge < -0.3 is 0 Å². The first-order valence-electron chi connectivity index (χ1n) is 9.06. The number of amides is 1. The van der Waals surface area contributed by atoms with Crippen LogP contribution in [0.4, 0.5) is 10.8 Å². The third kappa shape index (κ3) is 4.63. The Morgan fingerprint density at radius 2 is 1.90 bits per heavy atom. The molecule has 0 spiro atoms. The summed E-state index contributed by atoms with van der Waals surface area (Å²) in [5.74, 6) is -0.502. The van der Waals surface area contributed by atoms with Gasteiger partial charge in [0.15, 0.2) is 5.13 Å². The molecule has 2 aromatic carbocycles. The molecular formula is C20H20N4O5S2. The van der Waals surface area contributed by atoms with Crippen LogP contribution in [0.5, 0.6) is 0 Å². The van der Waals surface area contributed by atoms with Crippen LogP contribution in [0.2, 0.25) is 0 Å². The number of thiazole rings is 1. The van der Waals surface area contributed by atoms with Crippen molar-refractivity contribution in [2.75, 3.05) is 19.4 Å². The molecule has 0 aliphatic heterocycles. The Morgan fingerprint density at radius 1 is 1.19 bits per heavy atom. The van der Waals surface area contributed by atoms with Crippen LogP contribution < -0.4 is 5.32 Å². The molecule has 0 bridgehead atoms. The summed E-state index contributed by atoms with van der Waals surface area (Å²) < 4.78 is 26.3. The van der Waals surface area contributed by atoms with E-state index >= 15 is 0 Å². The van der Waals surface area contributed by atoms with E-state index in [0.29, 0.717) is 27.5 Å². The second-order valence-electron chi connectivity index (χ2n) is 7.00. The predicted octanol–water partition coefficient (Wildman–Crippen LogP) is 3.84. The first-order valence-corrected chi connectivity index (χ1v) is 11.4. The maximum Gasteiger partial charge on any atom is 0.270 e. The summed E-state index contributed by atoms with van der Waals surface area (Å²) >= 11 is 1.16. The zero-order valence-corrected chi connectivity index (χ0v) is 18.9. The Kier molecular flexibility index (Phi) is 6.20. The van der Waals surface area contributed by atoms with Gasteiger partial charge in [-0.25, -0.2) is 17.7 Å². The van der Waals surface area contributed by atoms with Crippen molar-refractivity contribution in [2.45, 2.75) is 18.7 Å². The van der Waals surface area contributed by atoms with Crippen LogP contribution in [0.3, 0.4) is 0 Å². The highest BCUT2D eigenvalue weighted by Gasteiger charge is 2.23. The van der Waals surface area contributed by atoms with Gasteiger partial charge in [-0.05, 0) is 37.1 Å². The lowest BCUT2D eigenvalue weighted by atomic mass is 10.1. The smallest absolute Gasteiger partial charge is 0.270 e. The second-order valence-corrected chi connectivity index (χ2v) is 9.98. The molecule has 1 amide bonds. The quantitative estimate of drug-likeness (QED) is 0.440. The minimum absolute atomic E-state index is 0.0548. The van der Waals surface area contributed by atoms with E-state index in [9.17, 15) is 23.3 Å². The molecule has 0 aliphatic rings. The van der Waals surface area contributed by atoms with Gasteiger partial charge in [0.1, 0.15) is 0 Å². The van der Waals surface area contributed by atoms with E-state index in [1.54, 1.807) is 37.4 Å². The Labute approximate surface area is 183 Å². The lowest BCUT2D eigenvalue weighted by Crippen LogP contribution is -2.24. The van der Waals surface area contributed by atoms with Crippen LogP contribution in [0.25, 0.3) is 11.3 Å². The zero-order chi connectivity index (χ0) is 22.9. The van der Waals surface area contributed by atoms with E-state index in [1.807, 2.05) is 0 Å². The summed E-state index contributed by atoms with van der Waals surface area (Å²) in [5, 5.41) is 15.6. The first-order chi connectivity index (χ1) is 14.5. The molecule has 9 nitrogen and oxygen atoms in total. The molecule has 0 saturated carbocycles. The Hall–Kier alpha value is -3.15. The molecule has 3 aromatic rings. The van der Waals surface area contributed by atoms with E-state index in [1.165, 1.54) is 32.3 Å². The third-order valence-corrected chi connectivity index (χ3v) is 7.42. The highest BCUT2D eigenvalue weighted by molar-refractivity contribution is 7.89. The SMILES string of the molecule is Cc1cc(C(=O)Nc2nc(-c3cccc([N+](=O)[O-])c3)cs2)cc(S(=O)(=O)N(C)C)c1C. The number of benzene rings is 2. The summed E-state index contributed by atoms with van der Waals surface area (Å²) in [5.41, 5.74) is 2.42. The largest absolute Gasteiger partial charge is 0.298 e. The van der Waals surface area contributed by atoms with Crippen LogP contribution in [-0.2, 0) is 10.0 Å². The highest BCUT2D eigenvalue weighted by atomic mass is 32.2. The van der Waals surface area contributed by atoms with Gasteiger partial charge >= 0.3 is 0 Å². The molecule has 3 rings (SSSR count). The van der Waals surface area contributed by atoms with Crippen LogP contribution in [0.1, 0.15) is 21.5 Å². The fourth-order valence-corrected chi connectivity index (χ4v) is 4.77. The number of rotatable bonds is 6. The number of hydrogen-bond acceptors (Lipinski definition) is 7. The predicted molar refractivity (Wildman–Crippen MR) is 119 cm³/mol. The maximum absolute atomic E-state index is 12.8. The molecule has 0 radical (unpaired) electrons. The molecule has 0 aliphatic carbocycles. The third-order valence-electron chi connectivity index (χ3n) is 4.72. The second kappa shape index (κ2) is 8.53. The van der Waals surface area contributed by atoms with Gasteiger partial charge in [0.25, 0.3) is 11.6 Å². The molecule has 11 heteroatoms. The van der Waals surface area contributed by atoms with Gasteiger partial charge in [-0.1, -0.05) is 12.1 Å². The Bertz CT molecular complexity index is 1280. The molecule has 1 N–H and O–H groups in total. The molecule has 0 atom stereocenters. The van der Waals surface area contributed by atoms with Gasteiger partial charge in [0, 0.05) is 42.7 Å². The first kappa shape index (κ1) is 22.5. The average Bonchev–Trinajstić information content (AvgIpc) is 3.18. The Morgan fingerprint density at radius 3 is 2.55 bits per heavy atom. The van der Waals surface area contributed by atoms with Crippen LogP contribution in [-0.4, -0.2) is 42.6 Å². The Balaban J connectivity index is 1.89. The van der Waals surface area contributed by atoms with Crippen molar-refractivity contribution < 1.29 is 18.1 Å². The van der Waals surface area contributed by atoms with E-state index in [-0.39, 0.29) is 16.1 Å². The summed E-state index contributed by atoms with van der Waals surface area (Å²) in [4.78, 5) is 27.6. The molecule has 0 unspecified atom stereocenters. The van der Waals surface area contributed by atoms with E-state index < -0.39 is 20.9 Å². The topological polar surface area (TPSA) is 123 Å². The number of nitrogens with one attached hydrogen (secondary N) is 1. The summed E-state index contributed by atoms with van der Waals surface area (Å²) in [6.45, 7) is 3.43. The van der Waals surface area contributed by atoms with E-state index in [4.69, 9.17) is 0 Å². The van der Waals surface area contributed by atoms with Gasteiger partial charge in [-0.3, -0.25) is 20.2 Å². The minimum Gasteiger partial charge on any atom is -0.298 e. The van der Waals surface area contributed by atoms with Crippen molar-refractivity contribution in [1.29, 1.82) is 0 Å². The summed E-state index contributed by atoms with van der Waals surface area (Å²) in [6.07, 6.45) is 0. The lowest BCUT2D eigenvalue weighted by molar-refractivity contribution is -0.384. The average molecular weight is 461 g/mol. The highest BCUT2D eigenvalue weighted by Crippen LogP contribution is 2.28. The molecule has 31 heavy (non-hydrogen) atoms. The molecule has 162 valence electrons. The zero-order valence-electron chi connectivity index (χ0n) is 17.2. The number of carbonyl (C=O) groups is 1. The fraction of sp³-hybridized carbons (Fsp3) is 0.200. The number of aryl methyl sites for hydroxylation is 1. The number of sulfonamides is 1. The fourth-order valence-electron chi connectivity index (χ4n) is 2.83. The molecule has 0 fully saturated rings. The van der Waals surface area contributed by atoms with Gasteiger partial charge in [-0.2, -0.15) is 0 Å². The van der Waals surface area contributed by atoms with Crippen molar-refractivity contribution in [3.63, 3.8) is 0 Å². The van der Waals surface area contributed by atoms with Crippen LogP contribution in [0.15, 0.2) is 46.7 Å². The number of non-ortho nitro benzene ring substituents is 1. The number of aromatic nitrogens is 1. The summed E-state index contributed by atoms with van der Waals surface area (Å²) in [7, 11) is -0.852. The molecular weight excluding hydrogens is 440 g/mol. The standard InChI is InChI=1S/C20H20N4O5S2/c1-12-8-15(10-18(13(12)2)31(28,29)23(3)4)19(25)22-20-21-17(11-30-20)14-6-5-7-16(9-14)24(26)27/h5-11H,1-4H3,(H,21,22,25). The number of nitro benzene ring substituents is 1. The molecule has 1 aromatic heterocycles. The molecule has 0 saturated heterocycles. The minimum atomic E-state index is -3.72. The van der Waals surface area contributed by atoms with Crippen molar-refractivity contribution in [1.82, 2.24) is 9.29 Å². The number of carbonyl (C=O) groups excluding carboxylic acids is 1. The lowest BCUT2D eigenvalue weighted by Gasteiger charge is -2.16. The molecule has 1 heterocycles.